The maximum Gasteiger partial charge on any atom is 0.151 e. The molecule has 52 valence electrons. The summed E-state index contributed by atoms with van der Waals surface area (Å²) in [6, 6.07) is 0. The summed E-state index contributed by atoms with van der Waals surface area (Å²) < 4.78 is 0. The number of carbonyl (C=O) groups excluding carboxylic acids is 1. The molecule has 0 aliphatic heterocycles. The number of H-pyrrole nitrogens is 1. The van der Waals surface area contributed by atoms with E-state index in [1.165, 1.54) is 0 Å². The van der Waals surface area contributed by atoms with Crippen LogP contribution in [0.25, 0.3) is 5.57 Å². The van der Waals surface area contributed by atoms with Gasteiger partial charge in [0, 0.05) is 5.57 Å². The lowest BCUT2D eigenvalue weighted by atomic mass is 10.2. The molecular weight excluding hydrogens is 128 g/mol. The van der Waals surface area contributed by atoms with Gasteiger partial charge in [0.15, 0.2) is 6.29 Å². The molecule has 0 fully saturated rings. The van der Waals surface area contributed by atoms with Gasteiger partial charge >= 0.3 is 0 Å². The maximum atomic E-state index is 10.3. The zero-order valence-electron chi connectivity index (χ0n) is 5.66. The molecule has 0 atom stereocenters. The summed E-state index contributed by atoms with van der Waals surface area (Å²) >= 11 is 0. The summed E-state index contributed by atoms with van der Waals surface area (Å²) in [6.07, 6.45) is 5.69. The van der Waals surface area contributed by atoms with Gasteiger partial charge in [-0.3, -0.25) is 4.79 Å². The molecule has 0 amide bonds. The van der Waals surface area contributed by atoms with E-state index in [1.54, 1.807) is 18.6 Å². The second-order valence-electron chi connectivity index (χ2n) is 1.83. The monoisotopic (exact) mass is 136 g/mol. The third kappa shape index (κ3) is 1.13. The first kappa shape index (κ1) is 6.74. The Balaban J connectivity index is 2.95. The number of imidazole rings is 1. The summed E-state index contributed by atoms with van der Waals surface area (Å²) in [4.78, 5) is 16.9. The molecule has 0 aliphatic rings. The van der Waals surface area contributed by atoms with Crippen molar-refractivity contribution in [2.24, 2.45) is 0 Å². The average Bonchev–Trinajstić information content (AvgIpc) is 2.43. The van der Waals surface area contributed by atoms with Crippen molar-refractivity contribution >= 4 is 11.9 Å². The van der Waals surface area contributed by atoms with Crippen LogP contribution in [0.4, 0.5) is 0 Å². The van der Waals surface area contributed by atoms with Crippen LogP contribution in [-0.2, 0) is 4.79 Å². The fraction of sp³-hybridized carbons (Fsp3) is 0.143. The largest absolute Gasteiger partial charge is 0.345 e. The van der Waals surface area contributed by atoms with E-state index in [0.717, 1.165) is 12.0 Å². The van der Waals surface area contributed by atoms with Crippen LogP contribution >= 0.6 is 0 Å². The van der Waals surface area contributed by atoms with E-state index in [9.17, 15) is 4.79 Å². The summed E-state index contributed by atoms with van der Waals surface area (Å²) in [5.74, 6) is 0. The van der Waals surface area contributed by atoms with Crippen molar-refractivity contribution in [3.8, 4) is 0 Å². The minimum Gasteiger partial charge on any atom is -0.345 e. The normalized spacial score (nSPS) is 11.5. The van der Waals surface area contributed by atoms with Crippen LogP contribution in [0.5, 0.6) is 0 Å². The van der Waals surface area contributed by atoms with Crippen molar-refractivity contribution in [3.63, 3.8) is 0 Å². The Morgan fingerprint density at radius 1 is 1.80 bits per heavy atom. The molecule has 0 saturated heterocycles. The minimum absolute atomic E-state index is 0.637. The molecule has 10 heavy (non-hydrogen) atoms. The highest BCUT2D eigenvalue weighted by Crippen LogP contribution is 2.05. The highest BCUT2D eigenvalue weighted by molar-refractivity contribution is 6.05. The molecule has 1 heterocycles. The van der Waals surface area contributed by atoms with Crippen LogP contribution < -0.4 is 0 Å². The predicted molar refractivity (Wildman–Crippen MR) is 38.3 cm³/mol. The molecule has 1 aromatic rings. The quantitative estimate of drug-likeness (QED) is 0.487. The van der Waals surface area contributed by atoms with E-state index < -0.39 is 0 Å². The fourth-order valence-corrected chi connectivity index (χ4v) is 0.701. The lowest BCUT2D eigenvalue weighted by Gasteiger charge is -1.89. The minimum atomic E-state index is 0.637. The highest BCUT2D eigenvalue weighted by Gasteiger charge is 1.97. The predicted octanol–water partition coefficient (Wildman–Crippen LogP) is 1.01. The number of allylic oxidation sites excluding steroid dienone is 2. The first-order valence-corrected chi connectivity index (χ1v) is 2.98. The number of aromatic amines is 1. The Kier molecular flexibility index (Phi) is 1.99. The maximum absolute atomic E-state index is 10.3. The standard InChI is InChI=1S/C7H8N2O/c1-2-6(4-10)7-3-8-5-9-7/h2-5H,1H3,(H,8,9)/b6-2+. The summed E-state index contributed by atoms with van der Waals surface area (Å²) in [5.41, 5.74) is 1.40. The number of aromatic nitrogens is 2. The van der Waals surface area contributed by atoms with Gasteiger partial charge in [-0.25, -0.2) is 4.98 Å². The van der Waals surface area contributed by atoms with Crippen molar-refractivity contribution in [1.82, 2.24) is 9.97 Å². The van der Waals surface area contributed by atoms with Gasteiger partial charge in [0.25, 0.3) is 0 Å². The zero-order valence-corrected chi connectivity index (χ0v) is 5.66. The van der Waals surface area contributed by atoms with E-state index in [0.29, 0.717) is 5.57 Å². The molecular formula is C7H8N2O. The molecule has 3 heteroatoms. The third-order valence-corrected chi connectivity index (χ3v) is 1.25. The van der Waals surface area contributed by atoms with Crippen LogP contribution in [0, 0.1) is 0 Å². The van der Waals surface area contributed by atoms with E-state index >= 15 is 0 Å². The van der Waals surface area contributed by atoms with Crippen LogP contribution in [0.3, 0.4) is 0 Å². The molecule has 0 aromatic carbocycles. The van der Waals surface area contributed by atoms with Crippen molar-refractivity contribution in [2.75, 3.05) is 0 Å². The van der Waals surface area contributed by atoms with E-state index in [4.69, 9.17) is 0 Å². The third-order valence-electron chi connectivity index (χ3n) is 1.25. The molecule has 3 nitrogen and oxygen atoms in total. The second kappa shape index (κ2) is 2.96. The molecule has 0 spiro atoms. The lowest BCUT2D eigenvalue weighted by molar-refractivity contribution is -0.103. The number of aldehydes is 1. The highest BCUT2D eigenvalue weighted by atomic mass is 16.1. The zero-order chi connectivity index (χ0) is 7.40. The van der Waals surface area contributed by atoms with Crippen LogP contribution in [0.1, 0.15) is 12.6 Å². The number of nitrogens with zero attached hydrogens (tertiary/aromatic N) is 1. The second-order valence-corrected chi connectivity index (χ2v) is 1.83. The molecule has 0 radical (unpaired) electrons. The van der Waals surface area contributed by atoms with Gasteiger partial charge in [-0.2, -0.15) is 0 Å². The Bertz CT molecular complexity index is 236. The molecule has 1 N–H and O–H groups in total. The van der Waals surface area contributed by atoms with E-state index in [1.807, 2.05) is 6.92 Å². The van der Waals surface area contributed by atoms with Gasteiger partial charge in [-0.05, 0) is 6.92 Å². The molecule has 1 aromatic heterocycles. The van der Waals surface area contributed by atoms with Crippen molar-refractivity contribution in [1.29, 1.82) is 0 Å². The lowest BCUT2D eigenvalue weighted by Crippen LogP contribution is -1.83. The van der Waals surface area contributed by atoms with Gasteiger partial charge in [-0.1, -0.05) is 6.08 Å². The fourth-order valence-electron chi connectivity index (χ4n) is 0.701. The number of rotatable bonds is 2. The topological polar surface area (TPSA) is 45.8 Å². The Morgan fingerprint density at radius 2 is 2.60 bits per heavy atom. The SMILES string of the molecule is C/C=C(\C=O)c1cnc[nH]1. The molecule has 0 saturated carbocycles. The summed E-state index contributed by atoms with van der Waals surface area (Å²) in [7, 11) is 0. The van der Waals surface area contributed by atoms with Crippen LogP contribution in [0.2, 0.25) is 0 Å². The first-order valence-electron chi connectivity index (χ1n) is 2.98. The van der Waals surface area contributed by atoms with Crippen molar-refractivity contribution in [2.45, 2.75) is 6.92 Å². The van der Waals surface area contributed by atoms with E-state index in [2.05, 4.69) is 9.97 Å². The molecule has 0 aliphatic carbocycles. The average molecular weight is 136 g/mol. The van der Waals surface area contributed by atoms with Crippen LogP contribution in [0.15, 0.2) is 18.6 Å². The summed E-state index contributed by atoms with van der Waals surface area (Å²) in [5, 5.41) is 0. The Labute approximate surface area is 58.8 Å². The van der Waals surface area contributed by atoms with Crippen molar-refractivity contribution < 1.29 is 4.79 Å². The Morgan fingerprint density at radius 3 is 3.00 bits per heavy atom. The number of nitrogens with one attached hydrogen (secondary N) is 1. The smallest absolute Gasteiger partial charge is 0.151 e. The first-order chi connectivity index (χ1) is 4.88. The molecule has 0 bridgehead atoms. The summed E-state index contributed by atoms with van der Waals surface area (Å²) in [6.45, 7) is 1.81. The van der Waals surface area contributed by atoms with Gasteiger partial charge in [0.2, 0.25) is 0 Å². The molecule has 0 unspecified atom stereocenters. The van der Waals surface area contributed by atoms with Crippen LogP contribution in [-0.4, -0.2) is 16.3 Å². The van der Waals surface area contributed by atoms with Crippen molar-refractivity contribution in [3.05, 3.63) is 24.3 Å². The number of hydrogen-bond acceptors (Lipinski definition) is 2. The number of carbonyl (C=O) groups is 1. The Hall–Kier alpha value is -1.38. The molecule has 1 rings (SSSR count). The van der Waals surface area contributed by atoms with Gasteiger partial charge < -0.3 is 4.98 Å². The number of hydrogen-bond donors (Lipinski definition) is 1. The van der Waals surface area contributed by atoms with Gasteiger partial charge in [0.1, 0.15) is 0 Å². The van der Waals surface area contributed by atoms with Gasteiger partial charge in [0.05, 0.1) is 18.2 Å². The van der Waals surface area contributed by atoms with Gasteiger partial charge in [-0.15, -0.1) is 0 Å². The van der Waals surface area contributed by atoms with E-state index in [-0.39, 0.29) is 0 Å².